The number of rotatable bonds is 9. The van der Waals surface area contributed by atoms with Crippen LogP contribution in [0.25, 0.3) is 0 Å². The molecule has 8 heteroatoms. The number of carbonyl (C=O) groups excluding carboxylic acids is 2. The summed E-state index contributed by atoms with van der Waals surface area (Å²) in [6.45, 7) is 10.1. The number of allylic oxidation sites excluding steroid dienone is 4. The van der Waals surface area contributed by atoms with E-state index in [0.29, 0.717) is 43.1 Å². The molecule has 43 heavy (non-hydrogen) atoms. The number of nitrogens with zero attached hydrogens (tertiary/aromatic N) is 1. The van der Waals surface area contributed by atoms with Crippen LogP contribution in [0.15, 0.2) is 58.9 Å². The molecule has 2 aromatic carbocycles. The third-order valence-corrected chi connectivity index (χ3v) is 9.41. The van der Waals surface area contributed by atoms with Crippen LogP contribution in [0.2, 0.25) is 0 Å². The maximum atomic E-state index is 14.1. The summed E-state index contributed by atoms with van der Waals surface area (Å²) in [5, 5.41) is 0. The second kappa shape index (κ2) is 12.3. The van der Waals surface area contributed by atoms with Crippen molar-refractivity contribution in [3.63, 3.8) is 0 Å². The summed E-state index contributed by atoms with van der Waals surface area (Å²) >= 11 is 2.22. The van der Waals surface area contributed by atoms with Crippen molar-refractivity contribution in [2.45, 2.75) is 72.3 Å². The fourth-order valence-electron chi connectivity index (χ4n) is 6.85. The van der Waals surface area contributed by atoms with Gasteiger partial charge in [0.15, 0.2) is 23.1 Å². The average molecular weight is 702 g/mol. The van der Waals surface area contributed by atoms with Crippen molar-refractivity contribution >= 4 is 34.2 Å². The number of ether oxygens (including phenoxy) is 3. The van der Waals surface area contributed by atoms with Crippen LogP contribution in [0.4, 0.5) is 4.39 Å². The number of Topliss-reactive ketones (excluding diaryl/α,β-unsaturated/α-hetero) is 2. The van der Waals surface area contributed by atoms with Crippen molar-refractivity contribution in [1.29, 1.82) is 0 Å². The summed E-state index contributed by atoms with van der Waals surface area (Å²) in [5.41, 5.74) is 4.71. The maximum Gasteiger partial charge on any atom is 0.174 e. The standard InChI is InChI=1S/C35H41FINO5/c1-34(2)16-25-31(27(39)18-34)30(32-26(38(25)11-8-12-41-5)17-35(3,4)19-28(32)40)22-14-24(37)33(29(15-22)42-6)43-20-21-9-7-10-23(36)13-21/h7,9-10,13-15,30H,8,11-12,16-20H2,1-6H3. The van der Waals surface area contributed by atoms with Gasteiger partial charge in [0.2, 0.25) is 0 Å². The first kappa shape index (κ1) is 31.7. The van der Waals surface area contributed by atoms with Gasteiger partial charge in [-0.25, -0.2) is 4.39 Å². The number of carbonyl (C=O) groups is 2. The maximum absolute atomic E-state index is 14.1. The smallest absolute Gasteiger partial charge is 0.174 e. The third kappa shape index (κ3) is 6.55. The molecule has 3 aliphatic rings. The number of hydrogen-bond acceptors (Lipinski definition) is 6. The molecule has 0 fully saturated rings. The van der Waals surface area contributed by atoms with Crippen LogP contribution < -0.4 is 9.47 Å². The zero-order valence-electron chi connectivity index (χ0n) is 25.9. The van der Waals surface area contributed by atoms with E-state index in [2.05, 4.69) is 55.2 Å². The molecule has 0 radical (unpaired) electrons. The molecule has 0 spiro atoms. The average Bonchev–Trinajstić information content (AvgIpc) is 2.91. The molecule has 0 saturated carbocycles. The van der Waals surface area contributed by atoms with Crippen molar-refractivity contribution in [3.8, 4) is 11.5 Å². The Bertz CT molecular complexity index is 1450. The second-order valence-electron chi connectivity index (χ2n) is 13.5. The minimum absolute atomic E-state index is 0.0950. The Morgan fingerprint density at radius 1 is 0.930 bits per heavy atom. The van der Waals surface area contributed by atoms with E-state index in [0.717, 1.165) is 50.9 Å². The van der Waals surface area contributed by atoms with Crippen LogP contribution in [0.5, 0.6) is 11.5 Å². The summed E-state index contributed by atoms with van der Waals surface area (Å²) in [7, 11) is 3.28. The molecule has 5 rings (SSSR count). The molecule has 1 aliphatic heterocycles. The van der Waals surface area contributed by atoms with Crippen molar-refractivity contribution in [2.24, 2.45) is 10.8 Å². The fourth-order valence-corrected chi connectivity index (χ4v) is 7.63. The van der Waals surface area contributed by atoms with Gasteiger partial charge in [0.25, 0.3) is 0 Å². The van der Waals surface area contributed by atoms with E-state index in [9.17, 15) is 14.0 Å². The van der Waals surface area contributed by atoms with E-state index in [1.165, 1.54) is 12.1 Å². The van der Waals surface area contributed by atoms with Gasteiger partial charge in [0.05, 0.1) is 10.7 Å². The van der Waals surface area contributed by atoms with Gasteiger partial charge in [0.1, 0.15) is 12.4 Å². The van der Waals surface area contributed by atoms with Gasteiger partial charge in [-0.3, -0.25) is 9.59 Å². The molecule has 0 saturated heterocycles. The topological polar surface area (TPSA) is 65.1 Å². The zero-order valence-corrected chi connectivity index (χ0v) is 28.1. The number of hydrogen-bond donors (Lipinski definition) is 0. The SMILES string of the molecule is COCCCN1C2=C(C(=O)CC(C)(C)C2)C(c2cc(I)c(OCc3cccc(F)c3)c(OC)c2)C2=C1CC(C)(C)CC2=O. The molecular formula is C35H41FINO5. The highest BCUT2D eigenvalue weighted by Gasteiger charge is 2.49. The molecule has 0 atom stereocenters. The van der Waals surface area contributed by atoms with Crippen LogP contribution in [0.1, 0.15) is 76.8 Å². The van der Waals surface area contributed by atoms with Gasteiger partial charge >= 0.3 is 0 Å². The first-order valence-corrected chi connectivity index (χ1v) is 16.0. The minimum Gasteiger partial charge on any atom is -0.493 e. The Kier molecular flexibility index (Phi) is 9.10. The molecule has 2 aliphatic carbocycles. The fraction of sp³-hybridized carbons (Fsp3) is 0.486. The highest BCUT2D eigenvalue weighted by molar-refractivity contribution is 14.1. The van der Waals surface area contributed by atoms with Gasteiger partial charge in [-0.05, 0) is 88.1 Å². The van der Waals surface area contributed by atoms with Gasteiger partial charge in [-0.15, -0.1) is 0 Å². The predicted molar refractivity (Wildman–Crippen MR) is 172 cm³/mol. The van der Waals surface area contributed by atoms with Crippen molar-refractivity contribution in [2.75, 3.05) is 27.4 Å². The van der Waals surface area contributed by atoms with Gasteiger partial charge in [0, 0.05) is 61.6 Å². The Hall–Kier alpha value is -2.72. The Labute approximate surface area is 267 Å². The van der Waals surface area contributed by atoms with Crippen molar-refractivity contribution < 1.29 is 28.2 Å². The first-order valence-electron chi connectivity index (χ1n) is 14.9. The summed E-state index contributed by atoms with van der Waals surface area (Å²) < 4.78 is 31.9. The lowest BCUT2D eigenvalue weighted by Gasteiger charge is -2.49. The monoisotopic (exact) mass is 701 g/mol. The number of ketones is 2. The molecule has 0 amide bonds. The molecule has 2 aromatic rings. The summed E-state index contributed by atoms with van der Waals surface area (Å²) in [4.78, 5) is 30.4. The van der Waals surface area contributed by atoms with Gasteiger partial charge in [-0.2, -0.15) is 0 Å². The third-order valence-electron chi connectivity index (χ3n) is 8.61. The van der Waals surface area contributed by atoms with E-state index in [4.69, 9.17) is 14.2 Å². The summed E-state index contributed by atoms with van der Waals surface area (Å²) in [6, 6.07) is 10.2. The van der Waals surface area contributed by atoms with Crippen molar-refractivity contribution in [1.82, 2.24) is 4.90 Å². The molecule has 6 nitrogen and oxygen atoms in total. The summed E-state index contributed by atoms with van der Waals surface area (Å²) in [6.07, 6.45) is 3.16. The van der Waals surface area contributed by atoms with E-state index >= 15 is 0 Å². The molecule has 0 N–H and O–H groups in total. The first-order chi connectivity index (χ1) is 20.3. The normalized spacial score (nSPS) is 19.9. The number of benzene rings is 2. The van der Waals surface area contributed by atoms with E-state index in [1.54, 1.807) is 20.3 Å². The van der Waals surface area contributed by atoms with E-state index < -0.39 is 5.92 Å². The van der Waals surface area contributed by atoms with Crippen LogP contribution in [0.3, 0.4) is 0 Å². The quantitative estimate of drug-likeness (QED) is 0.197. The lowest BCUT2D eigenvalue weighted by atomic mass is 9.63. The molecular weight excluding hydrogens is 660 g/mol. The Morgan fingerprint density at radius 3 is 2.12 bits per heavy atom. The lowest BCUT2D eigenvalue weighted by molar-refractivity contribution is -0.119. The Balaban J connectivity index is 1.64. The van der Waals surface area contributed by atoms with Gasteiger partial charge in [-0.1, -0.05) is 39.8 Å². The molecule has 1 heterocycles. The van der Waals surface area contributed by atoms with Gasteiger partial charge < -0.3 is 19.1 Å². The van der Waals surface area contributed by atoms with Crippen LogP contribution in [0, 0.1) is 20.2 Å². The van der Waals surface area contributed by atoms with Crippen molar-refractivity contribution in [3.05, 3.63) is 79.5 Å². The minimum atomic E-state index is -0.476. The molecule has 0 bridgehead atoms. The molecule has 230 valence electrons. The highest BCUT2D eigenvalue weighted by atomic mass is 127. The van der Waals surface area contributed by atoms with Crippen LogP contribution in [-0.4, -0.2) is 43.8 Å². The second-order valence-corrected chi connectivity index (χ2v) is 14.6. The largest absolute Gasteiger partial charge is 0.493 e. The predicted octanol–water partition coefficient (Wildman–Crippen LogP) is 7.74. The van der Waals surface area contributed by atoms with E-state index in [-0.39, 0.29) is 34.8 Å². The van der Waals surface area contributed by atoms with Crippen LogP contribution >= 0.6 is 22.6 Å². The van der Waals surface area contributed by atoms with E-state index in [1.807, 2.05) is 18.2 Å². The number of halogens is 2. The number of methoxy groups -OCH3 is 2. The Morgan fingerprint density at radius 2 is 1.56 bits per heavy atom. The highest BCUT2D eigenvalue weighted by Crippen LogP contribution is 2.55. The zero-order chi connectivity index (χ0) is 31.1. The van der Waals surface area contributed by atoms with Crippen LogP contribution in [-0.2, 0) is 20.9 Å². The molecule has 0 aromatic heterocycles. The molecule has 0 unspecified atom stereocenters. The summed E-state index contributed by atoms with van der Waals surface area (Å²) in [5.74, 6) is 0.451. The lowest BCUT2D eigenvalue weighted by Crippen LogP contribution is -2.44.